The number of para-hydroxylation sites is 2. The maximum absolute atomic E-state index is 13.0. The second kappa shape index (κ2) is 9.03. The van der Waals surface area contributed by atoms with Crippen LogP contribution in [-0.4, -0.2) is 38.2 Å². The van der Waals surface area contributed by atoms with Gasteiger partial charge in [0, 0.05) is 24.2 Å². The summed E-state index contributed by atoms with van der Waals surface area (Å²) in [6, 6.07) is 13.3. The first-order chi connectivity index (χ1) is 15.8. The number of aromatic nitrogens is 3. The van der Waals surface area contributed by atoms with Crippen LogP contribution in [0.1, 0.15) is 36.2 Å². The van der Waals surface area contributed by atoms with Gasteiger partial charge in [0.2, 0.25) is 0 Å². The average molecular weight is 445 g/mol. The van der Waals surface area contributed by atoms with Gasteiger partial charge < -0.3 is 11.1 Å². The lowest BCUT2D eigenvalue weighted by Gasteiger charge is -2.07. The number of carbonyl (C=O) groups is 1. The molecule has 2 heterocycles. The molecule has 0 atom stereocenters. The largest absolute Gasteiger partial charge is 0.383 e. The zero-order chi connectivity index (χ0) is 23.5. The molecule has 1 amide bonds. The maximum atomic E-state index is 13.0. The predicted molar refractivity (Wildman–Crippen MR) is 127 cm³/mol. The molecule has 0 fully saturated rings. The van der Waals surface area contributed by atoms with Crippen molar-refractivity contribution in [3.8, 4) is 0 Å². The molecule has 2 aromatic carbocycles. The summed E-state index contributed by atoms with van der Waals surface area (Å²) in [6.07, 6.45) is 2.25. The van der Waals surface area contributed by atoms with E-state index in [1.54, 1.807) is 12.1 Å². The van der Waals surface area contributed by atoms with Crippen LogP contribution >= 0.6 is 0 Å². The summed E-state index contributed by atoms with van der Waals surface area (Å²) in [4.78, 5) is 32.8. The summed E-state index contributed by atoms with van der Waals surface area (Å²) >= 11 is 0. The number of hydrogen-bond donors (Lipinski definition) is 2. The second-order valence-electron chi connectivity index (χ2n) is 7.99. The molecule has 33 heavy (non-hydrogen) atoms. The molecule has 10 nitrogen and oxygen atoms in total. The number of fused-ring (bicyclic) bond motifs is 2. The van der Waals surface area contributed by atoms with Gasteiger partial charge in [-0.1, -0.05) is 38.1 Å². The third-order valence-electron chi connectivity index (χ3n) is 5.11. The van der Waals surface area contributed by atoms with Crippen LogP contribution < -0.4 is 11.1 Å². The molecule has 0 radical (unpaired) electrons. The minimum Gasteiger partial charge on any atom is -0.383 e. The number of rotatable bonds is 7. The van der Waals surface area contributed by atoms with E-state index >= 15 is 0 Å². The highest BCUT2D eigenvalue weighted by Gasteiger charge is 2.24. The van der Waals surface area contributed by atoms with Crippen molar-refractivity contribution in [2.45, 2.75) is 20.3 Å². The van der Waals surface area contributed by atoms with Crippen molar-refractivity contribution in [2.24, 2.45) is 11.0 Å². The van der Waals surface area contributed by atoms with E-state index in [2.05, 4.69) is 34.2 Å². The van der Waals surface area contributed by atoms with Crippen LogP contribution in [-0.2, 0) is 0 Å². The Labute approximate surface area is 189 Å². The molecule has 168 valence electrons. The van der Waals surface area contributed by atoms with E-state index in [-0.39, 0.29) is 23.0 Å². The van der Waals surface area contributed by atoms with E-state index in [9.17, 15) is 14.9 Å². The molecule has 0 unspecified atom stereocenters. The summed E-state index contributed by atoms with van der Waals surface area (Å²) in [6.45, 7) is 4.65. The summed E-state index contributed by atoms with van der Waals surface area (Å²) in [5, 5.41) is 18.3. The summed E-state index contributed by atoms with van der Waals surface area (Å²) in [5.41, 5.74) is 8.91. The van der Waals surface area contributed by atoms with Crippen LogP contribution in [0, 0.1) is 16.0 Å². The number of anilines is 1. The standard InChI is InChI=1S/C23H23N7O3/c1-14(2)10-11-25-23(31)19-20-22(28-18-9-4-3-8-17(18)27-20)29(21(19)24)26-13-15-6-5-7-16(12-15)30(32)33/h3-9,12-14H,10-11,24H2,1-2H3,(H,25,31). The maximum Gasteiger partial charge on any atom is 0.270 e. The third kappa shape index (κ3) is 4.49. The van der Waals surface area contributed by atoms with Crippen LogP contribution in [0.4, 0.5) is 11.5 Å². The molecular formula is C23H23N7O3. The Balaban J connectivity index is 1.82. The quantitative estimate of drug-likeness (QED) is 0.252. The van der Waals surface area contributed by atoms with E-state index in [4.69, 9.17) is 5.73 Å². The number of amides is 1. The van der Waals surface area contributed by atoms with Crippen LogP contribution in [0.15, 0.2) is 53.6 Å². The topological polar surface area (TPSA) is 141 Å². The number of nitrogens with zero attached hydrogens (tertiary/aromatic N) is 5. The number of nitrogens with two attached hydrogens (primary N) is 1. The highest BCUT2D eigenvalue weighted by Crippen LogP contribution is 2.28. The van der Waals surface area contributed by atoms with Crippen molar-refractivity contribution in [3.63, 3.8) is 0 Å². The lowest BCUT2D eigenvalue weighted by Crippen LogP contribution is -2.26. The predicted octanol–water partition coefficient (Wildman–Crippen LogP) is 3.73. The van der Waals surface area contributed by atoms with E-state index in [1.807, 2.05) is 24.3 Å². The Hall–Kier alpha value is -4.34. The van der Waals surface area contributed by atoms with E-state index in [0.29, 0.717) is 40.2 Å². The van der Waals surface area contributed by atoms with Crippen LogP contribution in [0.5, 0.6) is 0 Å². The van der Waals surface area contributed by atoms with Crippen molar-refractivity contribution in [2.75, 3.05) is 12.3 Å². The van der Waals surface area contributed by atoms with Crippen molar-refractivity contribution in [1.29, 1.82) is 0 Å². The number of non-ortho nitro benzene ring substituents is 1. The molecular weight excluding hydrogens is 422 g/mol. The molecule has 0 aliphatic carbocycles. The first kappa shape index (κ1) is 21.9. The van der Waals surface area contributed by atoms with Crippen molar-refractivity contribution >= 4 is 45.8 Å². The van der Waals surface area contributed by atoms with Crippen molar-refractivity contribution < 1.29 is 9.72 Å². The van der Waals surface area contributed by atoms with Gasteiger partial charge >= 0.3 is 0 Å². The SMILES string of the molecule is CC(C)CCNC(=O)c1c(N)n(N=Cc2cccc([N+](=O)[O-])c2)c2nc3ccccc3nc12. The Bertz CT molecular complexity index is 1390. The first-order valence-corrected chi connectivity index (χ1v) is 10.5. The van der Waals surface area contributed by atoms with Crippen LogP contribution in [0.2, 0.25) is 0 Å². The number of carbonyl (C=O) groups excluding carboxylic acids is 1. The fourth-order valence-corrected chi connectivity index (χ4v) is 3.39. The van der Waals surface area contributed by atoms with Gasteiger partial charge in [0.05, 0.1) is 22.2 Å². The molecule has 4 aromatic rings. The molecule has 10 heteroatoms. The van der Waals surface area contributed by atoms with Gasteiger partial charge in [-0.3, -0.25) is 14.9 Å². The molecule has 0 aliphatic rings. The number of nitrogen functional groups attached to an aromatic ring is 1. The number of nitro groups is 1. The summed E-state index contributed by atoms with van der Waals surface area (Å²) in [5.74, 6) is 0.170. The van der Waals surface area contributed by atoms with Gasteiger partial charge in [0.15, 0.2) is 5.65 Å². The Morgan fingerprint density at radius 1 is 1.21 bits per heavy atom. The Kier molecular flexibility index (Phi) is 5.99. The molecule has 0 saturated carbocycles. The Morgan fingerprint density at radius 3 is 2.64 bits per heavy atom. The van der Waals surface area contributed by atoms with Crippen LogP contribution in [0.3, 0.4) is 0 Å². The van der Waals surface area contributed by atoms with E-state index in [1.165, 1.54) is 23.0 Å². The van der Waals surface area contributed by atoms with Gasteiger partial charge in [0.25, 0.3) is 11.6 Å². The smallest absolute Gasteiger partial charge is 0.270 e. The minimum absolute atomic E-state index is 0.0553. The van der Waals surface area contributed by atoms with E-state index in [0.717, 1.165) is 6.42 Å². The molecule has 0 spiro atoms. The van der Waals surface area contributed by atoms with Crippen LogP contribution in [0.25, 0.3) is 22.2 Å². The zero-order valence-corrected chi connectivity index (χ0v) is 18.2. The average Bonchev–Trinajstić information content (AvgIpc) is 3.06. The minimum atomic E-state index is -0.478. The fourth-order valence-electron chi connectivity index (χ4n) is 3.39. The summed E-state index contributed by atoms with van der Waals surface area (Å²) < 4.78 is 1.34. The molecule has 0 aliphatic heterocycles. The molecule has 2 aromatic heterocycles. The van der Waals surface area contributed by atoms with E-state index < -0.39 is 4.92 Å². The monoisotopic (exact) mass is 445 g/mol. The first-order valence-electron chi connectivity index (χ1n) is 10.5. The van der Waals surface area contributed by atoms with Gasteiger partial charge in [0.1, 0.15) is 16.9 Å². The number of nitro benzene ring substituents is 1. The fraction of sp³-hybridized carbons (Fsp3) is 0.217. The van der Waals surface area contributed by atoms with Crippen molar-refractivity contribution in [3.05, 3.63) is 69.8 Å². The molecule has 4 rings (SSSR count). The van der Waals surface area contributed by atoms with Gasteiger partial charge in [-0.15, -0.1) is 0 Å². The van der Waals surface area contributed by atoms with Gasteiger partial charge in [-0.25, -0.2) is 9.97 Å². The number of nitrogens with one attached hydrogen (secondary N) is 1. The second-order valence-corrected chi connectivity index (χ2v) is 7.99. The molecule has 0 saturated heterocycles. The summed E-state index contributed by atoms with van der Waals surface area (Å²) in [7, 11) is 0. The van der Waals surface area contributed by atoms with Gasteiger partial charge in [-0.2, -0.15) is 9.78 Å². The highest BCUT2D eigenvalue weighted by molar-refractivity contribution is 6.10. The third-order valence-corrected chi connectivity index (χ3v) is 5.11. The Morgan fingerprint density at radius 2 is 1.94 bits per heavy atom. The van der Waals surface area contributed by atoms with Gasteiger partial charge in [-0.05, 0) is 24.5 Å². The number of hydrogen-bond acceptors (Lipinski definition) is 7. The lowest BCUT2D eigenvalue weighted by atomic mass is 10.1. The highest BCUT2D eigenvalue weighted by atomic mass is 16.6. The normalized spacial score (nSPS) is 11.6. The lowest BCUT2D eigenvalue weighted by molar-refractivity contribution is -0.384. The van der Waals surface area contributed by atoms with Crippen molar-refractivity contribution in [1.82, 2.24) is 20.0 Å². The molecule has 0 bridgehead atoms. The number of benzene rings is 2. The molecule has 3 N–H and O–H groups in total. The zero-order valence-electron chi connectivity index (χ0n) is 18.2.